The molecular formula is C20H28O4. The zero-order valence-electron chi connectivity index (χ0n) is 14.8. The molecule has 4 rings (SSSR count). The lowest BCUT2D eigenvalue weighted by Crippen LogP contribution is -2.44. The van der Waals surface area contributed by atoms with E-state index in [9.17, 15) is 10.2 Å². The summed E-state index contributed by atoms with van der Waals surface area (Å²) in [6.45, 7) is 2.18. The van der Waals surface area contributed by atoms with Crippen LogP contribution < -0.4 is 9.47 Å². The SMILES string of the molecule is COc1cc2c(c(OC)c1)[C@H]1CC[C@]3(C)[C@@H](O)[C@H](O)C[C@H]3[C@H]1CC2. The maximum Gasteiger partial charge on any atom is 0.126 e. The minimum Gasteiger partial charge on any atom is -0.497 e. The Hall–Kier alpha value is -1.26. The fraction of sp³-hybridized carbons (Fsp3) is 0.700. The lowest BCUT2D eigenvalue weighted by molar-refractivity contribution is -0.0507. The van der Waals surface area contributed by atoms with Gasteiger partial charge in [-0.2, -0.15) is 0 Å². The second kappa shape index (κ2) is 5.63. The number of hydrogen-bond donors (Lipinski definition) is 2. The molecule has 132 valence electrons. The van der Waals surface area contributed by atoms with Crippen LogP contribution in [0.4, 0.5) is 0 Å². The van der Waals surface area contributed by atoms with Crippen molar-refractivity contribution in [3.63, 3.8) is 0 Å². The molecule has 2 fully saturated rings. The fourth-order valence-corrected chi connectivity index (χ4v) is 5.93. The van der Waals surface area contributed by atoms with Gasteiger partial charge in [-0.05, 0) is 66.9 Å². The first-order valence-electron chi connectivity index (χ1n) is 9.10. The van der Waals surface area contributed by atoms with Crippen molar-refractivity contribution in [3.8, 4) is 11.5 Å². The summed E-state index contributed by atoms with van der Waals surface area (Å²) in [5, 5.41) is 20.8. The highest BCUT2D eigenvalue weighted by Crippen LogP contribution is 2.62. The quantitative estimate of drug-likeness (QED) is 0.874. The van der Waals surface area contributed by atoms with E-state index in [0.29, 0.717) is 17.8 Å². The van der Waals surface area contributed by atoms with Crippen molar-refractivity contribution in [2.45, 2.75) is 57.2 Å². The Labute approximate surface area is 143 Å². The molecule has 0 aromatic heterocycles. The molecule has 24 heavy (non-hydrogen) atoms. The van der Waals surface area contributed by atoms with Crippen LogP contribution in [0.25, 0.3) is 0 Å². The molecular weight excluding hydrogens is 304 g/mol. The van der Waals surface area contributed by atoms with Gasteiger partial charge in [0.15, 0.2) is 0 Å². The molecule has 0 bridgehead atoms. The smallest absolute Gasteiger partial charge is 0.126 e. The fourth-order valence-electron chi connectivity index (χ4n) is 5.93. The number of ether oxygens (including phenoxy) is 2. The van der Waals surface area contributed by atoms with E-state index in [1.165, 1.54) is 11.1 Å². The number of fused-ring (bicyclic) bond motifs is 5. The first kappa shape index (κ1) is 16.2. The number of aryl methyl sites for hydroxylation is 1. The van der Waals surface area contributed by atoms with E-state index in [0.717, 1.165) is 43.6 Å². The van der Waals surface area contributed by atoms with Gasteiger partial charge in [-0.1, -0.05) is 6.92 Å². The van der Waals surface area contributed by atoms with Gasteiger partial charge in [0.2, 0.25) is 0 Å². The first-order chi connectivity index (χ1) is 11.5. The van der Waals surface area contributed by atoms with Gasteiger partial charge >= 0.3 is 0 Å². The third-order valence-electron chi connectivity index (χ3n) is 7.18. The minimum atomic E-state index is -0.581. The first-order valence-corrected chi connectivity index (χ1v) is 9.10. The molecule has 0 aliphatic heterocycles. The van der Waals surface area contributed by atoms with Crippen molar-refractivity contribution in [2.24, 2.45) is 17.3 Å². The zero-order chi connectivity index (χ0) is 17.1. The topological polar surface area (TPSA) is 58.9 Å². The van der Waals surface area contributed by atoms with Crippen LogP contribution in [0.15, 0.2) is 12.1 Å². The number of aliphatic hydroxyl groups excluding tert-OH is 2. The molecule has 0 heterocycles. The van der Waals surface area contributed by atoms with E-state index in [4.69, 9.17) is 9.47 Å². The second-order valence-corrected chi connectivity index (χ2v) is 8.11. The summed E-state index contributed by atoms with van der Waals surface area (Å²) in [6.07, 6.45) is 3.73. The van der Waals surface area contributed by atoms with Crippen LogP contribution in [0.3, 0.4) is 0 Å². The molecule has 3 aliphatic rings. The van der Waals surface area contributed by atoms with E-state index in [1.807, 2.05) is 6.07 Å². The molecule has 0 radical (unpaired) electrons. The number of aliphatic hydroxyl groups is 2. The van der Waals surface area contributed by atoms with E-state index in [2.05, 4.69) is 13.0 Å². The summed E-state index contributed by atoms with van der Waals surface area (Å²) in [6, 6.07) is 4.15. The number of benzene rings is 1. The molecule has 2 saturated carbocycles. The minimum absolute atomic E-state index is 0.141. The average molecular weight is 332 g/mol. The van der Waals surface area contributed by atoms with E-state index < -0.39 is 12.2 Å². The van der Waals surface area contributed by atoms with E-state index in [-0.39, 0.29) is 5.41 Å². The Morgan fingerprint density at radius 3 is 2.62 bits per heavy atom. The number of rotatable bonds is 2. The Balaban J connectivity index is 1.74. The van der Waals surface area contributed by atoms with Crippen LogP contribution in [0.1, 0.15) is 49.7 Å². The lowest BCUT2D eigenvalue weighted by atomic mass is 9.55. The highest BCUT2D eigenvalue weighted by Gasteiger charge is 2.58. The van der Waals surface area contributed by atoms with Crippen LogP contribution in [0.5, 0.6) is 11.5 Å². The Morgan fingerprint density at radius 1 is 1.12 bits per heavy atom. The van der Waals surface area contributed by atoms with E-state index in [1.54, 1.807) is 14.2 Å². The Bertz CT molecular complexity index is 626. The third kappa shape index (κ3) is 2.12. The molecule has 4 nitrogen and oxygen atoms in total. The Kier molecular flexibility index (Phi) is 3.81. The summed E-state index contributed by atoms with van der Waals surface area (Å²) >= 11 is 0. The molecule has 4 heteroatoms. The summed E-state index contributed by atoms with van der Waals surface area (Å²) in [5.41, 5.74) is 2.54. The van der Waals surface area contributed by atoms with Crippen LogP contribution in [0, 0.1) is 17.3 Å². The molecule has 0 amide bonds. The third-order valence-corrected chi connectivity index (χ3v) is 7.18. The molecule has 0 unspecified atom stereocenters. The van der Waals surface area contributed by atoms with Gasteiger partial charge < -0.3 is 19.7 Å². The van der Waals surface area contributed by atoms with Crippen LogP contribution in [-0.4, -0.2) is 36.6 Å². The Morgan fingerprint density at radius 2 is 1.92 bits per heavy atom. The highest BCUT2D eigenvalue weighted by molar-refractivity contribution is 5.50. The largest absolute Gasteiger partial charge is 0.497 e. The monoisotopic (exact) mass is 332 g/mol. The maximum absolute atomic E-state index is 10.5. The van der Waals surface area contributed by atoms with Gasteiger partial charge in [0.1, 0.15) is 11.5 Å². The molecule has 1 aromatic carbocycles. The molecule has 6 atom stereocenters. The highest BCUT2D eigenvalue weighted by atomic mass is 16.5. The molecule has 1 aromatic rings. The van der Waals surface area contributed by atoms with Crippen LogP contribution >= 0.6 is 0 Å². The maximum atomic E-state index is 10.5. The zero-order valence-corrected chi connectivity index (χ0v) is 14.8. The summed E-state index contributed by atoms with van der Waals surface area (Å²) in [7, 11) is 3.43. The van der Waals surface area contributed by atoms with Gasteiger partial charge in [0.05, 0.1) is 26.4 Å². The van der Waals surface area contributed by atoms with Gasteiger partial charge in [-0.15, -0.1) is 0 Å². The van der Waals surface area contributed by atoms with E-state index >= 15 is 0 Å². The molecule has 3 aliphatic carbocycles. The lowest BCUT2D eigenvalue weighted by Gasteiger charge is -2.50. The number of methoxy groups -OCH3 is 2. The van der Waals surface area contributed by atoms with Gasteiger partial charge in [-0.3, -0.25) is 0 Å². The van der Waals surface area contributed by atoms with Crippen molar-refractivity contribution >= 4 is 0 Å². The van der Waals surface area contributed by atoms with Crippen LogP contribution in [0.2, 0.25) is 0 Å². The van der Waals surface area contributed by atoms with Crippen molar-refractivity contribution in [2.75, 3.05) is 14.2 Å². The molecule has 0 saturated heterocycles. The van der Waals surface area contributed by atoms with Crippen molar-refractivity contribution in [3.05, 3.63) is 23.3 Å². The summed E-state index contributed by atoms with van der Waals surface area (Å²) in [5.74, 6) is 3.16. The van der Waals surface area contributed by atoms with Crippen molar-refractivity contribution in [1.82, 2.24) is 0 Å². The van der Waals surface area contributed by atoms with Crippen molar-refractivity contribution in [1.29, 1.82) is 0 Å². The summed E-state index contributed by atoms with van der Waals surface area (Å²) < 4.78 is 11.1. The summed E-state index contributed by atoms with van der Waals surface area (Å²) in [4.78, 5) is 0. The molecule has 0 spiro atoms. The number of hydrogen-bond acceptors (Lipinski definition) is 4. The van der Waals surface area contributed by atoms with Crippen LogP contribution in [-0.2, 0) is 6.42 Å². The second-order valence-electron chi connectivity index (χ2n) is 8.11. The predicted octanol–water partition coefficient (Wildman–Crippen LogP) is 2.89. The normalized spacial score (nSPS) is 40.5. The molecule has 2 N–H and O–H groups in total. The predicted molar refractivity (Wildman–Crippen MR) is 91.6 cm³/mol. The standard InChI is InChI=1S/C20H28O4/c1-20-7-6-14-13(15(20)10-16(21)19(20)22)5-4-11-8-12(23-2)9-17(24-3)18(11)14/h8-9,13-16,19,21-22H,4-7,10H2,1-3H3/t13-,14-,15-,16+,19-,20-/m0/s1. The average Bonchev–Trinajstić information content (AvgIpc) is 2.84. The van der Waals surface area contributed by atoms with Gasteiger partial charge in [0.25, 0.3) is 0 Å². The van der Waals surface area contributed by atoms with Gasteiger partial charge in [0, 0.05) is 11.6 Å². The van der Waals surface area contributed by atoms with Gasteiger partial charge in [-0.25, -0.2) is 0 Å². The van der Waals surface area contributed by atoms with Crippen molar-refractivity contribution < 1.29 is 19.7 Å².